The number of para-hydroxylation sites is 1. The lowest BCUT2D eigenvalue weighted by atomic mass is 10.1. The number of carboxylic acid groups (broad SMARTS) is 1. The van der Waals surface area contributed by atoms with Crippen molar-refractivity contribution in [3.05, 3.63) is 53.0 Å². The third-order valence-corrected chi connectivity index (χ3v) is 3.23. The van der Waals surface area contributed by atoms with Crippen LogP contribution in [-0.2, 0) is 17.8 Å². The molecule has 0 fully saturated rings. The number of carbonyl (C=O) groups is 2. The average Bonchev–Trinajstić information content (AvgIpc) is 2.84. The number of hydrogen-bond donors (Lipinski definition) is 2. The monoisotopic (exact) mass is 357 g/mol. The van der Waals surface area contributed by atoms with Gasteiger partial charge in [-0.2, -0.15) is 0 Å². The van der Waals surface area contributed by atoms with Gasteiger partial charge in [0.25, 0.3) is 5.91 Å². The zero-order chi connectivity index (χ0) is 18.6. The molecule has 2 aromatic rings. The van der Waals surface area contributed by atoms with Crippen LogP contribution in [0, 0.1) is 6.92 Å². The maximum absolute atomic E-state index is 12.4. The lowest BCUT2D eigenvalue weighted by Gasteiger charge is -2.13. The van der Waals surface area contributed by atoms with E-state index in [-0.39, 0.29) is 23.4 Å². The van der Waals surface area contributed by atoms with Gasteiger partial charge in [-0.3, -0.25) is 9.59 Å². The summed E-state index contributed by atoms with van der Waals surface area (Å²) in [5.74, 6) is -2.27. The van der Waals surface area contributed by atoms with E-state index in [0.29, 0.717) is 5.56 Å². The number of amides is 1. The second-order valence-corrected chi connectivity index (χ2v) is 5.13. The first-order chi connectivity index (χ1) is 11.7. The van der Waals surface area contributed by atoms with E-state index >= 15 is 0 Å². The van der Waals surface area contributed by atoms with Gasteiger partial charge in [0.15, 0.2) is 0 Å². The van der Waals surface area contributed by atoms with E-state index < -0.39 is 30.4 Å². The van der Waals surface area contributed by atoms with E-state index in [0.717, 1.165) is 6.07 Å². The highest BCUT2D eigenvalue weighted by Crippen LogP contribution is 2.26. The number of aryl methyl sites for hydroxylation is 1. The van der Waals surface area contributed by atoms with Gasteiger partial charge in [0.05, 0.1) is 11.8 Å². The molecule has 6 nitrogen and oxygen atoms in total. The molecule has 0 aliphatic carbocycles. The van der Waals surface area contributed by atoms with Gasteiger partial charge in [-0.1, -0.05) is 18.2 Å². The van der Waals surface area contributed by atoms with Crippen molar-refractivity contribution in [2.75, 3.05) is 0 Å². The fraction of sp³-hybridized carbons (Fsp3) is 0.250. The predicted octanol–water partition coefficient (Wildman–Crippen LogP) is 3.04. The van der Waals surface area contributed by atoms with Gasteiger partial charge < -0.3 is 19.6 Å². The van der Waals surface area contributed by atoms with Gasteiger partial charge in [0.2, 0.25) is 0 Å². The molecule has 0 aliphatic heterocycles. The zero-order valence-electron chi connectivity index (χ0n) is 13.0. The molecule has 0 atom stereocenters. The molecule has 9 heteroatoms. The lowest BCUT2D eigenvalue weighted by Crippen LogP contribution is -2.25. The Kier molecular flexibility index (Phi) is 5.35. The van der Waals surface area contributed by atoms with Crippen molar-refractivity contribution < 1.29 is 37.0 Å². The number of benzene rings is 1. The van der Waals surface area contributed by atoms with Crippen molar-refractivity contribution in [2.24, 2.45) is 0 Å². The highest BCUT2D eigenvalue weighted by molar-refractivity contribution is 5.97. The van der Waals surface area contributed by atoms with Gasteiger partial charge in [-0.25, -0.2) is 0 Å². The first kappa shape index (κ1) is 18.4. The van der Waals surface area contributed by atoms with Gasteiger partial charge in [0.1, 0.15) is 17.9 Å². The van der Waals surface area contributed by atoms with Crippen LogP contribution in [0.4, 0.5) is 13.2 Å². The van der Waals surface area contributed by atoms with Crippen LogP contribution < -0.4 is 10.1 Å². The summed E-state index contributed by atoms with van der Waals surface area (Å²) < 4.78 is 46.1. The fourth-order valence-corrected chi connectivity index (χ4v) is 2.21. The smallest absolute Gasteiger partial charge is 0.481 e. The predicted molar refractivity (Wildman–Crippen MR) is 79.1 cm³/mol. The summed E-state index contributed by atoms with van der Waals surface area (Å²) in [6, 6.07) is 5.39. The van der Waals surface area contributed by atoms with E-state index in [2.05, 4.69) is 10.1 Å². The van der Waals surface area contributed by atoms with Gasteiger partial charge >= 0.3 is 12.3 Å². The molecule has 134 valence electrons. The number of alkyl halides is 3. The average molecular weight is 357 g/mol. The van der Waals surface area contributed by atoms with Crippen molar-refractivity contribution in [2.45, 2.75) is 26.3 Å². The number of furan rings is 1. The number of ether oxygens (including phenoxy) is 1. The Morgan fingerprint density at radius 3 is 2.60 bits per heavy atom. The quantitative estimate of drug-likeness (QED) is 0.830. The fourth-order valence-electron chi connectivity index (χ4n) is 2.21. The van der Waals surface area contributed by atoms with Crippen LogP contribution >= 0.6 is 0 Å². The Morgan fingerprint density at radius 2 is 1.96 bits per heavy atom. The summed E-state index contributed by atoms with van der Waals surface area (Å²) in [6.45, 7) is 1.33. The summed E-state index contributed by atoms with van der Waals surface area (Å²) in [6.07, 6.45) is -4.09. The standard InChI is InChI=1S/C16H14F3NO5/c1-9-8-24-12(6-13(21)22)14(9)15(23)20-7-10-4-2-3-5-11(10)25-16(17,18)19/h2-5,8H,6-7H2,1H3,(H,20,23)(H,21,22). The topological polar surface area (TPSA) is 88.8 Å². The number of nitrogens with one attached hydrogen (secondary N) is 1. The minimum Gasteiger partial charge on any atom is -0.481 e. The first-order valence-electron chi connectivity index (χ1n) is 7.08. The highest BCUT2D eigenvalue weighted by Gasteiger charge is 2.32. The zero-order valence-corrected chi connectivity index (χ0v) is 13.0. The van der Waals surface area contributed by atoms with E-state index in [4.69, 9.17) is 9.52 Å². The minimum atomic E-state index is -4.85. The summed E-state index contributed by atoms with van der Waals surface area (Å²) in [4.78, 5) is 23.1. The Morgan fingerprint density at radius 1 is 1.28 bits per heavy atom. The van der Waals surface area contributed by atoms with Crippen LogP contribution in [-0.4, -0.2) is 23.3 Å². The molecule has 0 unspecified atom stereocenters. The maximum Gasteiger partial charge on any atom is 0.573 e. The Balaban J connectivity index is 2.14. The first-order valence-corrected chi connectivity index (χ1v) is 7.08. The minimum absolute atomic E-state index is 0.0256. The molecule has 25 heavy (non-hydrogen) atoms. The van der Waals surface area contributed by atoms with Crippen LogP contribution in [0.25, 0.3) is 0 Å². The second kappa shape index (κ2) is 7.29. The summed E-state index contributed by atoms with van der Waals surface area (Å²) in [5, 5.41) is 11.3. The molecular formula is C16H14F3NO5. The molecule has 0 saturated carbocycles. The molecule has 0 aliphatic rings. The number of aliphatic carboxylic acids is 1. The lowest BCUT2D eigenvalue weighted by molar-refractivity contribution is -0.274. The van der Waals surface area contributed by atoms with Gasteiger partial charge in [-0.05, 0) is 13.0 Å². The third kappa shape index (κ3) is 5.00. The molecule has 2 rings (SSSR count). The molecule has 0 bridgehead atoms. The van der Waals surface area contributed by atoms with E-state index in [1.165, 1.54) is 24.5 Å². The molecule has 0 spiro atoms. The van der Waals surface area contributed by atoms with Gasteiger partial charge in [0, 0.05) is 17.7 Å². The Hall–Kier alpha value is -2.97. The van der Waals surface area contributed by atoms with Crippen molar-refractivity contribution in [1.82, 2.24) is 5.32 Å². The number of carboxylic acids is 1. The van der Waals surface area contributed by atoms with Crippen LogP contribution in [0.15, 0.2) is 34.9 Å². The van der Waals surface area contributed by atoms with Gasteiger partial charge in [-0.15, -0.1) is 13.2 Å². The molecule has 1 amide bonds. The number of halogens is 3. The van der Waals surface area contributed by atoms with Crippen molar-refractivity contribution in [1.29, 1.82) is 0 Å². The van der Waals surface area contributed by atoms with Crippen LogP contribution in [0.5, 0.6) is 5.75 Å². The van der Waals surface area contributed by atoms with E-state index in [1.807, 2.05) is 0 Å². The molecule has 1 heterocycles. The molecule has 1 aromatic heterocycles. The third-order valence-electron chi connectivity index (χ3n) is 3.23. The van der Waals surface area contributed by atoms with E-state index in [1.54, 1.807) is 6.92 Å². The molecule has 1 aromatic carbocycles. The van der Waals surface area contributed by atoms with Crippen molar-refractivity contribution in [3.8, 4) is 5.75 Å². The van der Waals surface area contributed by atoms with Crippen LogP contribution in [0.2, 0.25) is 0 Å². The highest BCUT2D eigenvalue weighted by atomic mass is 19.4. The summed E-state index contributed by atoms with van der Waals surface area (Å²) >= 11 is 0. The largest absolute Gasteiger partial charge is 0.573 e. The van der Waals surface area contributed by atoms with E-state index in [9.17, 15) is 22.8 Å². The van der Waals surface area contributed by atoms with Crippen LogP contribution in [0.3, 0.4) is 0 Å². The Bertz CT molecular complexity index is 782. The molecule has 2 N–H and O–H groups in total. The maximum atomic E-state index is 12.4. The second-order valence-electron chi connectivity index (χ2n) is 5.13. The number of rotatable bonds is 6. The SMILES string of the molecule is Cc1coc(CC(=O)O)c1C(=O)NCc1ccccc1OC(F)(F)F. The summed E-state index contributed by atoms with van der Waals surface area (Å²) in [5.41, 5.74) is 0.597. The normalized spacial score (nSPS) is 11.2. The molecule has 0 radical (unpaired) electrons. The number of carbonyl (C=O) groups excluding carboxylic acids is 1. The molecular weight excluding hydrogens is 343 g/mol. The van der Waals surface area contributed by atoms with Crippen molar-refractivity contribution in [3.63, 3.8) is 0 Å². The van der Waals surface area contributed by atoms with Crippen LogP contribution in [0.1, 0.15) is 27.2 Å². The number of hydrogen-bond acceptors (Lipinski definition) is 4. The Labute approximate surface area is 140 Å². The summed E-state index contributed by atoms with van der Waals surface area (Å²) in [7, 11) is 0. The molecule has 0 saturated heterocycles. The van der Waals surface area contributed by atoms with Crippen molar-refractivity contribution >= 4 is 11.9 Å².